The normalized spacial score (nSPS) is 17.8. The minimum Gasteiger partial charge on any atom is -0.337 e. The van der Waals surface area contributed by atoms with Crippen LogP contribution in [0.2, 0.25) is 0 Å². The third kappa shape index (κ3) is 1.85. The average molecular weight is 317 g/mol. The lowest BCUT2D eigenvalue weighted by atomic mass is 9.90. The maximum absolute atomic E-state index is 6.05. The van der Waals surface area contributed by atoms with E-state index in [9.17, 15) is 0 Å². The van der Waals surface area contributed by atoms with Crippen molar-refractivity contribution in [2.45, 2.75) is 6.04 Å². The second-order valence-corrected chi connectivity index (χ2v) is 6.24. The molecule has 0 saturated heterocycles. The number of hydrogen-bond donors (Lipinski definition) is 1. The van der Waals surface area contributed by atoms with Gasteiger partial charge in [0.2, 0.25) is 0 Å². The van der Waals surface area contributed by atoms with Gasteiger partial charge < -0.3 is 5.32 Å². The van der Waals surface area contributed by atoms with E-state index in [4.69, 9.17) is 11.6 Å². The lowest BCUT2D eigenvalue weighted by Gasteiger charge is -2.18. The molecule has 0 fully saturated rings. The lowest BCUT2D eigenvalue weighted by molar-refractivity contribution is 0.889. The van der Waals surface area contributed by atoms with E-state index >= 15 is 0 Å². The first-order chi connectivity index (χ1) is 11.3. The SMILES string of the molecule is ClC1=NC(c2ccc3ccc4cccc5ccc2c3c45)C=CN1. The van der Waals surface area contributed by atoms with Gasteiger partial charge in [0.1, 0.15) is 0 Å². The molecule has 110 valence electrons. The molecule has 0 saturated carbocycles. The summed E-state index contributed by atoms with van der Waals surface area (Å²) in [5, 5.41) is 11.1. The van der Waals surface area contributed by atoms with Gasteiger partial charge in [-0.15, -0.1) is 0 Å². The minimum absolute atomic E-state index is 0.0479. The third-order valence-electron chi connectivity index (χ3n) is 4.61. The van der Waals surface area contributed by atoms with Crippen LogP contribution in [0.25, 0.3) is 32.3 Å². The Balaban J connectivity index is 1.91. The van der Waals surface area contributed by atoms with Crippen LogP contribution in [0.5, 0.6) is 0 Å². The second-order valence-electron chi connectivity index (χ2n) is 5.88. The predicted octanol–water partition coefficient (Wildman–Crippen LogP) is 5.34. The summed E-state index contributed by atoms with van der Waals surface area (Å²) >= 11 is 6.05. The molecule has 1 unspecified atom stereocenters. The van der Waals surface area contributed by atoms with Crippen LogP contribution in [0.3, 0.4) is 0 Å². The predicted molar refractivity (Wildman–Crippen MR) is 98.5 cm³/mol. The number of nitrogens with zero attached hydrogens (tertiary/aromatic N) is 1. The average Bonchev–Trinajstić information content (AvgIpc) is 2.59. The van der Waals surface area contributed by atoms with Crippen LogP contribution in [0.4, 0.5) is 0 Å². The zero-order valence-corrected chi connectivity index (χ0v) is 13.0. The van der Waals surface area contributed by atoms with Crippen molar-refractivity contribution in [2.24, 2.45) is 4.99 Å². The van der Waals surface area contributed by atoms with E-state index in [1.54, 1.807) is 0 Å². The molecule has 1 aliphatic rings. The van der Waals surface area contributed by atoms with Crippen molar-refractivity contribution in [3.8, 4) is 0 Å². The number of benzene rings is 4. The van der Waals surface area contributed by atoms with Crippen molar-refractivity contribution in [1.82, 2.24) is 5.32 Å². The van der Waals surface area contributed by atoms with Crippen LogP contribution in [-0.4, -0.2) is 5.29 Å². The van der Waals surface area contributed by atoms with Gasteiger partial charge in [0, 0.05) is 6.20 Å². The zero-order valence-electron chi connectivity index (χ0n) is 12.3. The van der Waals surface area contributed by atoms with E-state index in [-0.39, 0.29) is 6.04 Å². The molecule has 5 rings (SSSR count). The maximum Gasteiger partial charge on any atom is 0.196 e. The molecule has 1 atom stereocenters. The van der Waals surface area contributed by atoms with Crippen molar-refractivity contribution in [3.05, 3.63) is 72.4 Å². The highest BCUT2D eigenvalue weighted by atomic mass is 35.5. The molecule has 23 heavy (non-hydrogen) atoms. The van der Waals surface area contributed by atoms with E-state index in [1.807, 2.05) is 12.3 Å². The maximum atomic E-state index is 6.05. The Morgan fingerprint density at radius 3 is 2.30 bits per heavy atom. The summed E-state index contributed by atoms with van der Waals surface area (Å²) < 4.78 is 0. The van der Waals surface area contributed by atoms with Crippen molar-refractivity contribution in [2.75, 3.05) is 0 Å². The number of halogens is 1. The van der Waals surface area contributed by atoms with Gasteiger partial charge in [-0.1, -0.05) is 54.6 Å². The largest absolute Gasteiger partial charge is 0.337 e. The third-order valence-corrected chi connectivity index (χ3v) is 4.82. The highest BCUT2D eigenvalue weighted by Gasteiger charge is 2.16. The molecular formula is C20H13ClN2. The van der Waals surface area contributed by atoms with Gasteiger partial charge in [-0.3, -0.25) is 0 Å². The van der Waals surface area contributed by atoms with Gasteiger partial charge in [0.25, 0.3) is 0 Å². The van der Waals surface area contributed by atoms with Crippen molar-refractivity contribution < 1.29 is 0 Å². The molecule has 0 aromatic heterocycles. The molecule has 4 aromatic rings. The minimum atomic E-state index is -0.0479. The van der Waals surface area contributed by atoms with Crippen LogP contribution in [0.1, 0.15) is 11.6 Å². The zero-order chi connectivity index (χ0) is 15.4. The molecule has 3 heteroatoms. The molecule has 1 aliphatic heterocycles. The number of hydrogen-bond acceptors (Lipinski definition) is 2. The van der Waals surface area contributed by atoms with Gasteiger partial charge in [-0.2, -0.15) is 0 Å². The summed E-state index contributed by atoms with van der Waals surface area (Å²) in [5.74, 6) is 0. The molecule has 1 N–H and O–H groups in total. The monoisotopic (exact) mass is 316 g/mol. The second kappa shape index (κ2) is 4.71. The van der Waals surface area contributed by atoms with Crippen LogP contribution in [0.15, 0.2) is 71.9 Å². The summed E-state index contributed by atoms with van der Waals surface area (Å²) in [6, 6.07) is 19.6. The molecule has 0 spiro atoms. The summed E-state index contributed by atoms with van der Waals surface area (Å²) in [5.41, 5.74) is 1.19. The molecule has 0 amide bonds. The van der Waals surface area contributed by atoms with E-state index < -0.39 is 0 Å². The Bertz CT molecular complexity index is 1090. The quantitative estimate of drug-likeness (QED) is 0.372. The fraction of sp³-hybridized carbons (Fsp3) is 0.0500. The Hall–Kier alpha value is -2.58. The van der Waals surface area contributed by atoms with E-state index in [2.05, 4.69) is 64.9 Å². The first-order valence-corrected chi connectivity index (χ1v) is 8.02. The first kappa shape index (κ1) is 12.9. The van der Waals surface area contributed by atoms with Crippen LogP contribution < -0.4 is 5.32 Å². The summed E-state index contributed by atoms with van der Waals surface area (Å²) in [4.78, 5) is 4.52. The topological polar surface area (TPSA) is 24.4 Å². The van der Waals surface area contributed by atoms with Crippen molar-refractivity contribution in [3.63, 3.8) is 0 Å². The van der Waals surface area contributed by atoms with E-state index in [0.29, 0.717) is 5.29 Å². The molecule has 0 aliphatic carbocycles. The van der Waals surface area contributed by atoms with Crippen LogP contribution >= 0.6 is 11.6 Å². The number of aliphatic imine (C=N–C) groups is 1. The summed E-state index contributed by atoms with van der Waals surface area (Å²) in [6.07, 6.45) is 3.90. The first-order valence-electron chi connectivity index (χ1n) is 7.64. The van der Waals surface area contributed by atoms with Gasteiger partial charge >= 0.3 is 0 Å². The fourth-order valence-corrected chi connectivity index (χ4v) is 3.77. The lowest BCUT2D eigenvalue weighted by Crippen LogP contribution is -2.16. The van der Waals surface area contributed by atoms with Gasteiger partial charge in [-0.25, -0.2) is 4.99 Å². The van der Waals surface area contributed by atoms with Crippen LogP contribution in [0, 0.1) is 0 Å². The van der Waals surface area contributed by atoms with Crippen molar-refractivity contribution >= 4 is 49.2 Å². The highest BCUT2D eigenvalue weighted by molar-refractivity contribution is 6.64. The Kier molecular flexibility index (Phi) is 2.64. The number of rotatable bonds is 1. The fourth-order valence-electron chi connectivity index (χ4n) is 3.60. The summed E-state index contributed by atoms with van der Waals surface area (Å²) in [6.45, 7) is 0. The van der Waals surface area contributed by atoms with Gasteiger partial charge in [0.15, 0.2) is 5.29 Å². The number of nitrogens with one attached hydrogen (secondary N) is 1. The Morgan fingerprint density at radius 2 is 1.52 bits per heavy atom. The molecule has 1 heterocycles. The standard InChI is InChI=1S/C20H13ClN2/c21-20-22-11-10-17(23-20)15-8-6-14-5-4-12-2-1-3-13-7-9-16(15)19(14)18(12)13/h1-11,17H,(H,22,23). The smallest absolute Gasteiger partial charge is 0.196 e. The molecule has 2 nitrogen and oxygen atoms in total. The Labute approximate surface area is 138 Å². The molecular weight excluding hydrogens is 304 g/mol. The summed E-state index contributed by atoms with van der Waals surface area (Å²) in [7, 11) is 0. The van der Waals surface area contributed by atoms with E-state index in [1.165, 1.54) is 37.9 Å². The molecule has 0 bridgehead atoms. The van der Waals surface area contributed by atoms with Crippen molar-refractivity contribution in [1.29, 1.82) is 0 Å². The molecule has 4 aromatic carbocycles. The highest BCUT2D eigenvalue weighted by Crippen LogP contribution is 2.38. The molecule has 0 radical (unpaired) electrons. The van der Waals surface area contributed by atoms with E-state index in [0.717, 1.165) is 0 Å². The van der Waals surface area contributed by atoms with Gasteiger partial charge in [-0.05, 0) is 55.6 Å². The number of amidine groups is 1. The van der Waals surface area contributed by atoms with Crippen LogP contribution in [-0.2, 0) is 0 Å². The Morgan fingerprint density at radius 1 is 0.826 bits per heavy atom. The van der Waals surface area contributed by atoms with Gasteiger partial charge in [0.05, 0.1) is 6.04 Å².